The second kappa shape index (κ2) is 10.9. The zero-order valence-electron chi connectivity index (χ0n) is 11.1. The highest BCUT2D eigenvalue weighted by Crippen LogP contribution is 2.00. The van der Waals surface area contributed by atoms with Gasteiger partial charge in [-0.2, -0.15) is 0 Å². The molecule has 4 heteroatoms. The van der Waals surface area contributed by atoms with Crippen LogP contribution in [0.15, 0.2) is 23.8 Å². The van der Waals surface area contributed by atoms with Crippen molar-refractivity contribution in [3.8, 4) is 0 Å². The number of carboxylic acids is 1. The summed E-state index contributed by atoms with van der Waals surface area (Å²) in [5.74, 6) is -1.16. The number of ether oxygens (including phenoxy) is 1. The third-order valence-electron chi connectivity index (χ3n) is 1.88. The van der Waals surface area contributed by atoms with Gasteiger partial charge in [-0.1, -0.05) is 32.4 Å². The molecule has 0 saturated carbocycles. The number of hydrogen-bond acceptors (Lipinski definition) is 3. The fourth-order valence-corrected chi connectivity index (χ4v) is 0.784. The second-order valence-corrected chi connectivity index (χ2v) is 3.61. The Kier molecular flexibility index (Phi) is 11.4. The van der Waals surface area contributed by atoms with Gasteiger partial charge in [-0.05, 0) is 20.3 Å². The third-order valence-corrected chi connectivity index (χ3v) is 1.88. The molecule has 0 aliphatic rings. The molecular formula is C13H22O4. The summed E-state index contributed by atoms with van der Waals surface area (Å²) in [6.07, 6.45) is 4.84. The van der Waals surface area contributed by atoms with E-state index in [0.29, 0.717) is 11.1 Å². The number of carboxylic acid groups (broad SMARTS) is 1. The van der Waals surface area contributed by atoms with E-state index in [0.717, 1.165) is 19.3 Å². The Bertz CT molecular complexity index is 290. The molecule has 98 valence electrons. The van der Waals surface area contributed by atoms with Gasteiger partial charge in [-0.3, -0.25) is 0 Å². The predicted molar refractivity (Wildman–Crippen MR) is 67.7 cm³/mol. The molecule has 17 heavy (non-hydrogen) atoms. The van der Waals surface area contributed by atoms with Crippen LogP contribution in [-0.4, -0.2) is 24.2 Å². The molecular weight excluding hydrogens is 220 g/mol. The maximum absolute atomic E-state index is 10.2. The van der Waals surface area contributed by atoms with Gasteiger partial charge in [-0.25, -0.2) is 9.59 Å². The SMILES string of the molecule is C=C(C)C(=O)OC.CCCCC=C(C)C(=O)O. The van der Waals surface area contributed by atoms with Gasteiger partial charge in [0.25, 0.3) is 0 Å². The first kappa shape index (κ1) is 17.8. The minimum Gasteiger partial charge on any atom is -0.478 e. The molecule has 0 aliphatic heterocycles. The van der Waals surface area contributed by atoms with Crippen molar-refractivity contribution in [2.45, 2.75) is 40.0 Å². The van der Waals surface area contributed by atoms with E-state index in [1.165, 1.54) is 7.11 Å². The maximum atomic E-state index is 10.2. The summed E-state index contributed by atoms with van der Waals surface area (Å²) in [7, 11) is 1.33. The number of hydrogen-bond donors (Lipinski definition) is 1. The number of allylic oxidation sites excluding steroid dienone is 1. The molecule has 0 aromatic rings. The quantitative estimate of drug-likeness (QED) is 0.457. The molecule has 0 aromatic heterocycles. The van der Waals surface area contributed by atoms with Gasteiger partial charge in [0.1, 0.15) is 0 Å². The van der Waals surface area contributed by atoms with E-state index in [-0.39, 0.29) is 5.97 Å². The molecule has 0 unspecified atom stereocenters. The van der Waals surface area contributed by atoms with E-state index in [9.17, 15) is 9.59 Å². The van der Waals surface area contributed by atoms with Crippen LogP contribution in [0.3, 0.4) is 0 Å². The minimum absolute atomic E-state index is 0.347. The first-order chi connectivity index (χ1) is 7.86. The Morgan fingerprint density at radius 3 is 2.12 bits per heavy atom. The van der Waals surface area contributed by atoms with Gasteiger partial charge in [-0.15, -0.1) is 0 Å². The zero-order chi connectivity index (χ0) is 13.8. The number of methoxy groups -OCH3 is 1. The minimum atomic E-state index is -0.809. The van der Waals surface area contributed by atoms with Crippen molar-refractivity contribution in [1.82, 2.24) is 0 Å². The van der Waals surface area contributed by atoms with Crippen LogP contribution in [0, 0.1) is 0 Å². The Hall–Kier alpha value is -1.58. The van der Waals surface area contributed by atoms with Crippen molar-refractivity contribution < 1.29 is 19.4 Å². The van der Waals surface area contributed by atoms with E-state index in [2.05, 4.69) is 18.2 Å². The number of carbonyl (C=O) groups excluding carboxylic acids is 1. The van der Waals surface area contributed by atoms with Gasteiger partial charge in [0.2, 0.25) is 0 Å². The molecule has 4 nitrogen and oxygen atoms in total. The lowest BCUT2D eigenvalue weighted by Gasteiger charge is -1.91. The smallest absolute Gasteiger partial charge is 0.332 e. The van der Waals surface area contributed by atoms with Crippen molar-refractivity contribution in [3.05, 3.63) is 23.8 Å². The van der Waals surface area contributed by atoms with E-state index in [4.69, 9.17) is 5.11 Å². The topological polar surface area (TPSA) is 63.6 Å². The Labute approximate surface area is 103 Å². The summed E-state index contributed by atoms with van der Waals surface area (Å²) in [6.45, 7) is 8.66. The van der Waals surface area contributed by atoms with Crippen LogP contribution in [0.1, 0.15) is 40.0 Å². The van der Waals surface area contributed by atoms with Crippen LogP contribution in [0.5, 0.6) is 0 Å². The Balaban J connectivity index is 0. The van der Waals surface area contributed by atoms with Crippen LogP contribution in [0.4, 0.5) is 0 Å². The van der Waals surface area contributed by atoms with Gasteiger partial charge in [0.15, 0.2) is 0 Å². The monoisotopic (exact) mass is 242 g/mol. The van der Waals surface area contributed by atoms with Gasteiger partial charge in [0.05, 0.1) is 7.11 Å². The summed E-state index contributed by atoms with van der Waals surface area (Å²) in [6, 6.07) is 0. The average molecular weight is 242 g/mol. The fraction of sp³-hybridized carbons (Fsp3) is 0.538. The third kappa shape index (κ3) is 12.4. The molecule has 0 amide bonds. The molecule has 0 aliphatic carbocycles. The largest absolute Gasteiger partial charge is 0.478 e. The van der Waals surface area contributed by atoms with Crippen molar-refractivity contribution in [2.75, 3.05) is 7.11 Å². The van der Waals surface area contributed by atoms with Gasteiger partial charge in [0, 0.05) is 11.1 Å². The maximum Gasteiger partial charge on any atom is 0.332 e. The van der Waals surface area contributed by atoms with E-state index < -0.39 is 5.97 Å². The summed E-state index contributed by atoms with van der Waals surface area (Å²) in [5.41, 5.74) is 0.885. The predicted octanol–water partition coefficient (Wildman–Crippen LogP) is 2.94. The van der Waals surface area contributed by atoms with Crippen molar-refractivity contribution in [1.29, 1.82) is 0 Å². The molecule has 0 bridgehead atoms. The molecule has 0 rings (SSSR count). The molecule has 1 N–H and O–H groups in total. The fourth-order valence-electron chi connectivity index (χ4n) is 0.784. The second-order valence-electron chi connectivity index (χ2n) is 3.61. The number of esters is 1. The van der Waals surface area contributed by atoms with Crippen LogP contribution in [-0.2, 0) is 14.3 Å². The molecule has 0 fully saturated rings. The lowest BCUT2D eigenvalue weighted by molar-refractivity contribution is -0.136. The first-order valence-corrected chi connectivity index (χ1v) is 5.50. The molecule has 0 heterocycles. The van der Waals surface area contributed by atoms with Crippen LogP contribution in [0.2, 0.25) is 0 Å². The molecule has 0 aromatic carbocycles. The highest BCUT2D eigenvalue weighted by molar-refractivity contribution is 5.86. The standard InChI is InChI=1S/C8H14O2.C5H8O2/c1-3-4-5-6-7(2)8(9)10;1-4(2)5(6)7-3/h6H,3-5H2,1-2H3,(H,9,10);1H2,2-3H3. The highest BCUT2D eigenvalue weighted by Gasteiger charge is 1.96. The van der Waals surface area contributed by atoms with E-state index >= 15 is 0 Å². The Morgan fingerprint density at radius 2 is 1.88 bits per heavy atom. The summed E-state index contributed by atoms with van der Waals surface area (Å²) < 4.78 is 4.27. The Morgan fingerprint density at radius 1 is 1.35 bits per heavy atom. The summed E-state index contributed by atoms with van der Waals surface area (Å²) in [4.78, 5) is 20.4. The molecule has 0 spiro atoms. The molecule has 0 atom stereocenters. The van der Waals surface area contributed by atoms with Crippen molar-refractivity contribution in [2.24, 2.45) is 0 Å². The number of aliphatic carboxylic acids is 1. The van der Waals surface area contributed by atoms with Crippen molar-refractivity contribution in [3.63, 3.8) is 0 Å². The molecule has 0 saturated heterocycles. The van der Waals surface area contributed by atoms with E-state index in [1.807, 2.05) is 0 Å². The zero-order valence-corrected chi connectivity index (χ0v) is 11.1. The summed E-state index contributed by atoms with van der Waals surface area (Å²) >= 11 is 0. The van der Waals surface area contributed by atoms with Gasteiger partial charge >= 0.3 is 11.9 Å². The van der Waals surface area contributed by atoms with E-state index in [1.54, 1.807) is 19.9 Å². The number of rotatable bonds is 5. The lowest BCUT2D eigenvalue weighted by atomic mass is 10.2. The molecule has 0 radical (unpaired) electrons. The highest BCUT2D eigenvalue weighted by atomic mass is 16.5. The van der Waals surface area contributed by atoms with Crippen LogP contribution >= 0.6 is 0 Å². The lowest BCUT2D eigenvalue weighted by Crippen LogP contribution is -1.98. The van der Waals surface area contributed by atoms with Crippen LogP contribution < -0.4 is 0 Å². The number of unbranched alkanes of at least 4 members (excludes halogenated alkanes) is 2. The van der Waals surface area contributed by atoms with Crippen molar-refractivity contribution >= 4 is 11.9 Å². The summed E-state index contributed by atoms with van der Waals surface area (Å²) in [5, 5.41) is 8.41. The first-order valence-electron chi connectivity index (χ1n) is 5.50. The average Bonchev–Trinajstić information content (AvgIpc) is 2.28. The number of carbonyl (C=O) groups is 2. The van der Waals surface area contributed by atoms with Gasteiger partial charge < -0.3 is 9.84 Å². The normalized spacial score (nSPS) is 10.0. The van der Waals surface area contributed by atoms with Crippen LogP contribution in [0.25, 0.3) is 0 Å².